The lowest BCUT2D eigenvalue weighted by Crippen LogP contribution is -2.41. The number of ether oxygens (including phenoxy) is 2. The van der Waals surface area contributed by atoms with Gasteiger partial charge in [0, 0.05) is 5.02 Å². The van der Waals surface area contributed by atoms with Gasteiger partial charge in [0.25, 0.3) is 5.56 Å². The fraction of sp³-hybridized carbons (Fsp3) is 0.240. The quantitative estimate of drug-likeness (QED) is 0.438. The molecule has 0 saturated carbocycles. The number of halogens is 4. The van der Waals surface area contributed by atoms with Crippen LogP contribution in [0.1, 0.15) is 31.0 Å². The molecule has 0 fully saturated rings. The summed E-state index contributed by atoms with van der Waals surface area (Å²) in [4.78, 5) is 29.9. The summed E-state index contributed by atoms with van der Waals surface area (Å²) in [7, 11) is 0. The Morgan fingerprint density at radius 3 is 2.53 bits per heavy atom. The maximum absolute atomic E-state index is 14.1. The van der Waals surface area contributed by atoms with Crippen molar-refractivity contribution in [1.29, 1.82) is 0 Å². The summed E-state index contributed by atoms with van der Waals surface area (Å²) in [5, 5.41) is 0.345. The van der Waals surface area contributed by atoms with E-state index in [9.17, 15) is 22.8 Å². The summed E-state index contributed by atoms with van der Waals surface area (Å²) >= 11 is 6.78. The molecule has 1 aliphatic rings. The number of esters is 1. The molecule has 0 saturated heterocycles. The van der Waals surface area contributed by atoms with Crippen molar-refractivity contribution >= 4 is 35.0 Å². The zero-order valence-corrected chi connectivity index (χ0v) is 20.7. The third-order valence-corrected chi connectivity index (χ3v) is 6.48. The highest BCUT2D eigenvalue weighted by Gasteiger charge is 2.45. The van der Waals surface area contributed by atoms with Gasteiger partial charge in [-0.2, -0.15) is 13.2 Å². The second kappa shape index (κ2) is 10.3. The highest BCUT2D eigenvalue weighted by molar-refractivity contribution is 7.07. The molecule has 0 amide bonds. The number of aromatic nitrogens is 1. The van der Waals surface area contributed by atoms with Crippen molar-refractivity contribution in [2.75, 3.05) is 13.2 Å². The first-order chi connectivity index (χ1) is 17.1. The Morgan fingerprint density at radius 2 is 1.89 bits per heavy atom. The van der Waals surface area contributed by atoms with Gasteiger partial charge in [0.15, 0.2) is 10.5 Å². The van der Waals surface area contributed by atoms with Crippen LogP contribution in [0.25, 0.3) is 6.08 Å². The zero-order chi connectivity index (χ0) is 26.0. The van der Waals surface area contributed by atoms with E-state index in [0.717, 1.165) is 15.9 Å². The van der Waals surface area contributed by atoms with Gasteiger partial charge in [-0.3, -0.25) is 9.36 Å². The summed E-state index contributed by atoms with van der Waals surface area (Å²) in [6.45, 7) is 3.61. The van der Waals surface area contributed by atoms with Gasteiger partial charge >= 0.3 is 12.1 Å². The number of rotatable bonds is 6. The zero-order valence-electron chi connectivity index (χ0n) is 19.1. The van der Waals surface area contributed by atoms with E-state index in [2.05, 4.69) is 4.99 Å². The molecule has 36 heavy (non-hydrogen) atoms. The van der Waals surface area contributed by atoms with Crippen LogP contribution in [0.15, 0.2) is 69.6 Å². The van der Waals surface area contributed by atoms with E-state index < -0.39 is 35.0 Å². The number of nitrogens with zero attached hydrogens (tertiary/aromatic N) is 2. The molecule has 1 atom stereocenters. The fourth-order valence-corrected chi connectivity index (χ4v) is 4.94. The van der Waals surface area contributed by atoms with E-state index in [4.69, 9.17) is 21.1 Å². The number of carbonyl (C=O) groups excluding carboxylic acids is 1. The van der Waals surface area contributed by atoms with Gasteiger partial charge in [-0.15, -0.1) is 0 Å². The van der Waals surface area contributed by atoms with Crippen LogP contribution in [-0.2, 0) is 9.53 Å². The van der Waals surface area contributed by atoms with Crippen molar-refractivity contribution in [1.82, 2.24) is 4.57 Å². The van der Waals surface area contributed by atoms with Crippen LogP contribution in [0.5, 0.6) is 5.75 Å². The van der Waals surface area contributed by atoms with E-state index in [1.165, 1.54) is 31.2 Å². The van der Waals surface area contributed by atoms with E-state index in [0.29, 0.717) is 22.9 Å². The van der Waals surface area contributed by atoms with Gasteiger partial charge in [0.1, 0.15) is 5.75 Å². The number of hydrogen-bond donors (Lipinski definition) is 0. The Kier molecular flexibility index (Phi) is 7.37. The molecule has 0 radical (unpaired) electrons. The van der Waals surface area contributed by atoms with E-state index >= 15 is 0 Å². The Balaban J connectivity index is 2.01. The predicted molar refractivity (Wildman–Crippen MR) is 130 cm³/mol. The third kappa shape index (κ3) is 5.10. The van der Waals surface area contributed by atoms with Crippen LogP contribution < -0.4 is 19.6 Å². The van der Waals surface area contributed by atoms with Crippen molar-refractivity contribution in [3.05, 3.63) is 95.6 Å². The van der Waals surface area contributed by atoms with Gasteiger partial charge in [0.2, 0.25) is 0 Å². The molecule has 2 aromatic carbocycles. The Labute approximate surface area is 212 Å². The molecule has 4 rings (SSSR count). The van der Waals surface area contributed by atoms with Crippen LogP contribution in [0.3, 0.4) is 0 Å². The lowest BCUT2D eigenvalue weighted by Gasteiger charge is -2.26. The van der Waals surface area contributed by atoms with E-state index in [1.54, 1.807) is 30.3 Å². The largest absolute Gasteiger partial charge is 0.494 e. The van der Waals surface area contributed by atoms with Crippen LogP contribution in [-0.4, -0.2) is 29.9 Å². The molecule has 0 N–H and O–H groups in total. The first kappa shape index (κ1) is 25.7. The number of carbonyl (C=O) groups is 1. The minimum absolute atomic E-state index is 0.146. The van der Waals surface area contributed by atoms with Gasteiger partial charge in [-0.1, -0.05) is 47.2 Å². The minimum atomic E-state index is -4.96. The first-order valence-corrected chi connectivity index (χ1v) is 12.1. The molecule has 0 aliphatic carbocycles. The van der Waals surface area contributed by atoms with Crippen LogP contribution >= 0.6 is 22.9 Å². The molecule has 0 unspecified atom stereocenters. The summed E-state index contributed by atoms with van der Waals surface area (Å²) in [5.74, 6) is -0.616. The topological polar surface area (TPSA) is 69.9 Å². The minimum Gasteiger partial charge on any atom is -0.494 e. The van der Waals surface area contributed by atoms with Crippen molar-refractivity contribution in [3.63, 3.8) is 0 Å². The molecule has 0 spiro atoms. The third-order valence-electron chi connectivity index (χ3n) is 5.25. The average Bonchev–Trinajstić information content (AvgIpc) is 3.13. The number of alkyl halides is 3. The molecular formula is C25H20ClF3N2O4S. The van der Waals surface area contributed by atoms with Gasteiger partial charge in [0.05, 0.1) is 29.4 Å². The number of benzene rings is 2. The second-order valence-corrected chi connectivity index (χ2v) is 9.07. The summed E-state index contributed by atoms with van der Waals surface area (Å²) in [6, 6.07) is 11.4. The molecule has 6 nitrogen and oxygen atoms in total. The van der Waals surface area contributed by atoms with Crippen molar-refractivity contribution in [2.45, 2.75) is 26.1 Å². The first-order valence-electron chi connectivity index (χ1n) is 10.9. The SMILES string of the molecule is CCOC(=O)C1=C(C(F)(F)F)N=c2s/c(=C\c3cccc(OCC)c3)c(=O)n2[C@H]1c1ccc(Cl)cc1. The molecule has 1 aromatic heterocycles. The standard InChI is InChI=1S/C25H20ClF3N2O4S/c1-3-34-17-7-5-6-14(12-17)13-18-22(32)31-20(15-8-10-16(26)11-9-15)19(23(33)35-4-2)21(25(27,28)29)30-24(31)36-18/h5-13,20H,3-4H2,1-2H3/b18-13-/t20-/m0/s1. The van der Waals surface area contributed by atoms with Gasteiger partial charge < -0.3 is 9.47 Å². The van der Waals surface area contributed by atoms with Crippen LogP contribution in [0.4, 0.5) is 13.2 Å². The predicted octanol–water partition coefficient (Wildman–Crippen LogP) is 4.39. The molecule has 0 bridgehead atoms. The molecule has 2 heterocycles. The monoisotopic (exact) mass is 536 g/mol. The van der Waals surface area contributed by atoms with Gasteiger partial charge in [-0.05, 0) is 55.3 Å². The van der Waals surface area contributed by atoms with Crippen molar-refractivity contribution in [2.24, 2.45) is 4.99 Å². The lowest BCUT2D eigenvalue weighted by molar-refractivity contribution is -0.140. The Hall–Kier alpha value is -3.37. The number of allylic oxidation sites excluding steroid dienone is 1. The molecule has 11 heteroatoms. The second-order valence-electron chi connectivity index (χ2n) is 7.62. The lowest BCUT2D eigenvalue weighted by atomic mass is 9.95. The smallest absolute Gasteiger partial charge is 0.434 e. The number of hydrogen-bond acceptors (Lipinski definition) is 6. The summed E-state index contributed by atoms with van der Waals surface area (Å²) in [5.41, 5.74) is -1.88. The maximum Gasteiger partial charge on any atom is 0.434 e. The maximum atomic E-state index is 14.1. The van der Waals surface area contributed by atoms with E-state index in [-0.39, 0.29) is 21.5 Å². The van der Waals surface area contributed by atoms with Crippen LogP contribution in [0, 0.1) is 0 Å². The van der Waals surface area contributed by atoms with E-state index in [1.807, 2.05) is 6.92 Å². The average molecular weight is 537 g/mol. The summed E-state index contributed by atoms with van der Waals surface area (Å²) < 4.78 is 54.1. The molecule has 1 aliphatic heterocycles. The summed E-state index contributed by atoms with van der Waals surface area (Å²) in [6.07, 6.45) is -3.42. The van der Waals surface area contributed by atoms with Gasteiger partial charge in [-0.25, -0.2) is 9.79 Å². The highest BCUT2D eigenvalue weighted by Crippen LogP contribution is 2.38. The molecule has 188 valence electrons. The number of fused-ring (bicyclic) bond motifs is 1. The molecule has 3 aromatic rings. The molecular weight excluding hydrogens is 517 g/mol. The van der Waals surface area contributed by atoms with Crippen LogP contribution in [0.2, 0.25) is 5.02 Å². The number of thiazole rings is 1. The Morgan fingerprint density at radius 1 is 1.17 bits per heavy atom. The Bertz CT molecular complexity index is 1510. The van der Waals surface area contributed by atoms with Crippen molar-refractivity contribution < 1.29 is 27.4 Å². The van der Waals surface area contributed by atoms with Crippen molar-refractivity contribution in [3.8, 4) is 5.75 Å². The normalized spacial score (nSPS) is 15.9. The highest BCUT2D eigenvalue weighted by atomic mass is 35.5. The fourth-order valence-electron chi connectivity index (χ4n) is 3.81.